The quantitative estimate of drug-likeness (QED) is 0.852. The average Bonchev–Trinajstić information content (AvgIpc) is 2.29. The molecule has 17 heavy (non-hydrogen) atoms. The number of hydrogen-bond acceptors (Lipinski definition) is 5. The number of nitrogens with zero attached hydrogens (tertiary/aromatic N) is 3. The number of ether oxygens (including phenoxy) is 1. The minimum Gasteiger partial charge on any atom is -0.476 e. The van der Waals surface area contributed by atoms with E-state index in [0.717, 1.165) is 12.2 Å². The van der Waals surface area contributed by atoms with Crippen LogP contribution in [-0.4, -0.2) is 41.1 Å². The van der Waals surface area contributed by atoms with E-state index in [4.69, 9.17) is 10.5 Å². The number of aromatic nitrogens is 2. The molecule has 0 aliphatic carbocycles. The van der Waals surface area contributed by atoms with Gasteiger partial charge in [0.05, 0.1) is 0 Å². The second-order valence-electron chi connectivity index (χ2n) is 4.46. The molecule has 0 atom stereocenters. The van der Waals surface area contributed by atoms with Crippen LogP contribution in [0.15, 0.2) is 6.07 Å². The monoisotopic (exact) mass is 236 g/mol. The lowest BCUT2D eigenvalue weighted by atomic mass is 10.1. The van der Waals surface area contributed by atoms with Crippen LogP contribution >= 0.6 is 0 Å². The second-order valence-corrected chi connectivity index (χ2v) is 4.46. The molecule has 1 fully saturated rings. The van der Waals surface area contributed by atoms with Crippen LogP contribution in [0.4, 0.5) is 5.95 Å². The highest BCUT2D eigenvalue weighted by atomic mass is 16.5. The first-order valence-electron chi connectivity index (χ1n) is 6.20. The Morgan fingerprint density at radius 1 is 1.29 bits per heavy atom. The van der Waals surface area contributed by atoms with Gasteiger partial charge in [0.2, 0.25) is 11.8 Å². The maximum Gasteiger partial charge on any atom is 0.223 e. The Labute approximate surface area is 102 Å². The number of piperidine rings is 1. The summed E-state index contributed by atoms with van der Waals surface area (Å²) in [5.41, 5.74) is 6.40. The highest BCUT2D eigenvalue weighted by Crippen LogP contribution is 2.11. The maximum atomic E-state index is 5.60. The van der Waals surface area contributed by atoms with E-state index in [9.17, 15) is 0 Å². The lowest BCUT2D eigenvalue weighted by molar-refractivity contribution is 0.180. The van der Waals surface area contributed by atoms with E-state index in [-0.39, 0.29) is 5.95 Å². The van der Waals surface area contributed by atoms with Crippen molar-refractivity contribution in [3.05, 3.63) is 11.8 Å². The summed E-state index contributed by atoms with van der Waals surface area (Å²) < 4.78 is 5.60. The number of anilines is 1. The van der Waals surface area contributed by atoms with Gasteiger partial charge in [-0.05, 0) is 32.9 Å². The first kappa shape index (κ1) is 12.1. The number of rotatable bonds is 4. The molecule has 0 amide bonds. The molecule has 94 valence electrons. The van der Waals surface area contributed by atoms with E-state index >= 15 is 0 Å². The Morgan fingerprint density at radius 3 is 2.76 bits per heavy atom. The van der Waals surface area contributed by atoms with Crippen molar-refractivity contribution in [2.24, 2.45) is 0 Å². The normalized spacial score (nSPS) is 17.0. The molecule has 0 aromatic carbocycles. The topological polar surface area (TPSA) is 64.3 Å². The zero-order chi connectivity index (χ0) is 12.1. The van der Waals surface area contributed by atoms with Gasteiger partial charge in [0.1, 0.15) is 6.61 Å². The van der Waals surface area contributed by atoms with Gasteiger partial charge in [-0.2, -0.15) is 4.98 Å². The molecule has 0 radical (unpaired) electrons. The Balaban J connectivity index is 1.77. The number of likely N-dealkylation sites (tertiary alicyclic amines) is 1. The molecule has 2 rings (SSSR count). The van der Waals surface area contributed by atoms with Crippen LogP contribution in [-0.2, 0) is 0 Å². The molecule has 1 aliphatic heterocycles. The van der Waals surface area contributed by atoms with Gasteiger partial charge in [-0.25, -0.2) is 4.98 Å². The van der Waals surface area contributed by atoms with Crippen molar-refractivity contribution in [3.63, 3.8) is 0 Å². The summed E-state index contributed by atoms with van der Waals surface area (Å²) in [6.45, 7) is 5.89. The summed E-state index contributed by atoms with van der Waals surface area (Å²) in [5, 5.41) is 0. The van der Waals surface area contributed by atoms with E-state index in [1.165, 1.54) is 32.4 Å². The van der Waals surface area contributed by atoms with Gasteiger partial charge in [0, 0.05) is 18.3 Å². The van der Waals surface area contributed by atoms with Gasteiger partial charge in [0.25, 0.3) is 0 Å². The Morgan fingerprint density at radius 2 is 2.06 bits per heavy atom. The molecule has 2 heterocycles. The van der Waals surface area contributed by atoms with Crippen LogP contribution in [0.1, 0.15) is 25.0 Å². The molecule has 0 bridgehead atoms. The molecule has 0 unspecified atom stereocenters. The third-order valence-corrected chi connectivity index (χ3v) is 2.95. The first-order valence-corrected chi connectivity index (χ1v) is 6.20. The summed E-state index contributed by atoms with van der Waals surface area (Å²) in [7, 11) is 0. The van der Waals surface area contributed by atoms with Crippen molar-refractivity contribution in [1.82, 2.24) is 14.9 Å². The van der Waals surface area contributed by atoms with Crippen LogP contribution in [0.3, 0.4) is 0 Å². The first-order chi connectivity index (χ1) is 8.24. The molecular weight excluding hydrogens is 216 g/mol. The number of hydrogen-bond donors (Lipinski definition) is 1. The predicted molar refractivity (Wildman–Crippen MR) is 67.0 cm³/mol. The standard InChI is InChI=1S/C12H20N4O/c1-10-9-11(15-12(13)14-10)17-8-7-16-5-3-2-4-6-16/h9H,2-8H2,1H3,(H2,13,14,15). The van der Waals surface area contributed by atoms with Gasteiger partial charge in [-0.1, -0.05) is 6.42 Å². The smallest absolute Gasteiger partial charge is 0.223 e. The molecule has 2 N–H and O–H groups in total. The third-order valence-electron chi connectivity index (χ3n) is 2.95. The van der Waals surface area contributed by atoms with Gasteiger partial charge >= 0.3 is 0 Å². The fourth-order valence-electron chi connectivity index (χ4n) is 2.10. The Bertz CT molecular complexity index is 343. The van der Waals surface area contributed by atoms with Gasteiger partial charge in [0.15, 0.2) is 0 Å². The van der Waals surface area contributed by atoms with Crippen molar-refractivity contribution < 1.29 is 4.74 Å². The summed E-state index contributed by atoms with van der Waals surface area (Å²) in [6.07, 6.45) is 3.97. The Hall–Kier alpha value is -1.36. The van der Waals surface area contributed by atoms with E-state index < -0.39 is 0 Å². The number of nitrogen functional groups attached to an aromatic ring is 1. The van der Waals surface area contributed by atoms with Crippen molar-refractivity contribution in [3.8, 4) is 5.88 Å². The van der Waals surface area contributed by atoms with Crippen molar-refractivity contribution in [2.45, 2.75) is 26.2 Å². The molecule has 0 saturated carbocycles. The van der Waals surface area contributed by atoms with Crippen LogP contribution in [0.25, 0.3) is 0 Å². The van der Waals surface area contributed by atoms with E-state index in [2.05, 4.69) is 14.9 Å². The van der Waals surface area contributed by atoms with Crippen LogP contribution in [0.2, 0.25) is 0 Å². The number of aryl methyl sites for hydroxylation is 1. The van der Waals surface area contributed by atoms with Crippen LogP contribution in [0, 0.1) is 6.92 Å². The highest BCUT2D eigenvalue weighted by Gasteiger charge is 2.09. The minimum absolute atomic E-state index is 0.276. The fourth-order valence-corrected chi connectivity index (χ4v) is 2.10. The lowest BCUT2D eigenvalue weighted by Crippen LogP contribution is -2.33. The van der Waals surface area contributed by atoms with Gasteiger partial charge in [-0.3, -0.25) is 4.90 Å². The molecule has 1 aromatic rings. The van der Waals surface area contributed by atoms with Gasteiger partial charge in [-0.15, -0.1) is 0 Å². The fraction of sp³-hybridized carbons (Fsp3) is 0.667. The van der Waals surface area contributed by atoms with E-state index in [1.807, 2.05) is 13.0 Å². The Kier molecular flexibility index (Phi) is 4.14. The lowest BCUT2D eigenvalue weighted by Gasteiger charge is -2.26. The van der Waals surface area contributed by atoms with Crippen molar-refractivity contribution >= 4 is 5.95 Å². The summed E-state index contributed by atoms with van der Waals surface area (Å²) in [4.78, 5) is 10.5. The largest absolute Gasteiger partial charge is 0.476 e. The predicted octanol–water partition coefficient (Wildman–Crippen LogP) is 1.23. The molecule has 1 saturated heterocycles. The molecule has 0 spiro atoms. The van der Waals surface area contributed by atoms with Gasteiger partial charge < -0.3 is 10.5 Å². The molecule has 5 heteroatoms. The third kappa shape index (κ3) is 3.85. The zero-order valence-corrected chi connectivity index (χ0v) is 10.4. The molecule has 1 aromatic heterocycles. The van der Waals surface area contributed by atoms with Crippen LogP contribution < -0.4 is 10.5 Å². The molecule has 5 nitrogen and oxygen atoms in total. The average molecular weight is 236 g/mol. The summed E-state index contributed by atoms with van der Waals surface area (Å²) in [5.74, 6) is 0.852. The second kappa shape index (κ2) is 5.82. The minimum atomic E-state index is 0.276. The summed E-state index contributed by atoms with van der Waals surface area (Å²) >= 11 is 0. The summed E-state index contributed by atoms with van der Waals surface area (Å²) in [6, 6.07) is 1.81. The van der Waals surface area contributed by atoms with Crippen LogP contribution in [0.5, 0.6) is 5.88 Å². The SMILES string of the molecule is Cc1cc(OCCN2CCCCC2)nc(N)n1. The van der Waals surface area contributed by atoms with E-state index in [1.54, 1.807) is 0 Å². The zero-order valence-electron chi connectivity index (χ0n) is 10.4. The van der Waals surface area contributed by atoms with Crippen molar-refractivity contribution in [2.75, 3.05) is 32.0 Å². The van der Waals surface area contributed by atoms with Crippen molar-refractivity contribution in [1.29, 1.82) is 0 Å². The maximum absolute atomic E-state index is 5.60. The molecular formula is C12H20N4O. The van der Waals surface area contributed by atoms with E-state index in [0.29, 0.717) is 12.5 Å². The molecule has 1 aliphatic rings. The number of nitrogens with two attached hydrogens (primary N) is 1. The highest BCUT2D eigenvalue weighted by molar-refractivity contribution is 5.25.